The number of benzene rings is 3. The zero-order valence-electron chi connectivity index (χ0n) is 14.3. The highest BCUT2D eigenvalue weighted by Crippen LogP contribution is 2.36. The number of hydrogen-bond donors (Lipinski definition) is 1. The Morgan fingerprint density at radius 3 is 2.15 bits per heavy atom. The van der Waals surface area contributed by atoms with E-state index in [0.29, 0.717) is 10.2 Å². The fraction of sp³-hybridized carbons (Fsp3) is 0.0952. The average Bonchev–Trinajstić information content (AvgIpc) is 2.68. The molecule has 132 valence electrons. The molecule has 3 nitrogen and oxygen atoms in total. The minimum atomic E-state index is 0.0375. The molecule has 5 heteroatoms. The minimum Gasteiger partial charge on any atom is -0.497 e. The van der Waals surface area contributed by atoms with Crippen molar-refractivity contribution in [2.45, 2.75) is 5.25 Å². The molecule has 0 spiro atoms. The van der Waals surface area contributed by atoms with E-state index in [4.69, 9.17) is 22.1 Å². The van der Waals surface area contributed by atoms with Crippen molar-refractivity contribution in [2.75, 3.05) is 7.11 Å². The third-order valence-corrected chi connectivity index (χ3v) is 5.19. The van der Waals surface area contributed by atoms with Crippen LogP contribution in [-0.4, -0.2) is 12.3 Å². The molecule has 0 aliphatic heterocycles. The van der Waals surface area contributed by atoms with Crippen LogP contribution in [0.15, 0.2) is 83.9 Å². The molecule has 0 aliphatic rings. The third kappa shape index (κ3) is 4.81. The summed E-state index contributed by atoms with van der Waals surface area (Å²) in [6.07, 6.45) is 0. The summed E-state index contributed by atoms with van der Waals surface area (Å²) in [6, 6.07) is 25.6. The van der Waals surface area contributed by atoms with Gasteiger partial charge in [0.05, 0.1) is 18.0 Å². The van der Waals surface area contributed by atoms with Crippen molar-refractivity contribution in [1.82, 2.24) is 0 Å². The molecule has 1 atom stereocenters. The third-order valence-electron chi connectivity index (χ3n) is 3.83. The average molecular weight is 383 g/mol. The fourth-order valence-electron chi connectivity index (χ4n) is 2.53. The molecular weight excluding hydrogens is 364 g/mol. The van der Waals surface area contributed by atoms with Gasteiger partial charge in [0.25, 0.3) is 0 Å². The number of rotatable bonds is 5. The first-order valence-electron chi connectivity index (χ1n) is 8.11. The van der Waals surface area contributed by atoms with Gasteiger partial charge in [-0.05, 0) is 47.5 Å². The van der Waals surface area contributed by atoms with Gasteiger partial charge in [0, 0.05) is 5.02 Å². The second-order valence-electron chi connectivity index (χ2n) is 5.61. The largest absolute Gasteiger partial charge is 0.497 e. The molecule has 3 aromatic rings. The maximum absolute atomic E-state index is 6.24. The fourth-order valence-corrected chi connectivity index (χ4v) is 3.64. The van der Waals surface area contributed by atoms with Crippen LogP contribution in [0.1, 0.15) is 16.4 Å². The normalized spacial score (nSPS) is 12.6. The molecule has 0 bridgehead atoms. The zero-order chi connectivity index (χ0) is 18.4. The first kappa shape index (κ1) is 18.4. The van der Waals surface area contributed by atoms with E-state index < -0.39 is 0 Å². The lowest BCUT2D eigenvalue weighted by atomic mass is 10.0. The van der Waals surface area contributed by atoms with Crippen molar-refractivity contribution in [2.24, 2.45) is 10.7 Å². The zero-order valence-corrected chi connectivity index (χ0v) is 15.9. The van der Waals surface area contributed by atoms with E-state index in [2.05, 4.69) is 17.1 Å². The Morgan fingerprint density at radius 2 is 1.54 bits per heavy atom. The molecule has 0 radical (unpaired) electrons. The Bertz CT molecular complexity index is 865. The molecule has 0 saturated heterocycles. The van der Waals surface area contributed by atoms with Crippen LogP contribution in [0.25, 0.3) is 0 Å². The van der Waals surface area contributed by atoms with Crippen LogP contribution in [0, 0.1) is 0 Å². The Balaban J connectivity index is 1.87. The summed E-state index contributed by atoms with van der Waals surface area (Å²) in [5.74, 6) is 0.790. The summed E-state index contributed by atoms with van der Waals surface area (Å²) in [4.78, 5) is 4.52. The van der Waals surface area contributed by atoms with Crippen LogP contribution in [0.5, 0.6) is 5.75 Å². The summed E-state index contributed by atoms with van der Waals surface area (Å²) in [7, 11) is 1.64. The van der Waals surface area contributed by atoms with Crippen LogP contribution in [0.4, 0.5) is 5.69 Å². The first-order valence-corrected chi connectivity index (χ1v) is 9.37. The lowest BCUT2D eigenvalue weighted by Gasteiger charge is -2.17. The second-order valence-corrected chi connectivity index (χ2v) is 7.17. The summed E-state index contributed by atoms with van der Waals surface area (Å²) >= 11 is 7.55. The first-order chi connectivity index (χ1) is 12.7. The molecular formula is C21H19ClN2OS. The minimum absolute atomic E-state index is 0.0375. The van der Waals surface area contributed by atoms with Crippen molar-refractivity contribution in [3.8, 4) is 5.75 Å². The van der Waals surface area contributed by atoms with Gasteiger partial charge in [-0.1, -0.05) is 65.8 Å². The van der Waals surface area contributed by atoms with Crippen LogP contribution in [-0.2, 0) is 0 Å². The lowest BCUT2D eigenvalue weighted by Crippen LogP contribution is -2.10. The van der Waals surface area contributed by atoms with Gasteiger partial charge < -0.3 is 10.5 Å². The second kappa shape index (κ2) is 8.79. The number of aliphatic imine (C=N–C) groups is 1. The lowest BCUT2D eigenvalue weighted by molar-refractivity contribution is 0.415. The molecule has 0 amide bonds. The number of methoxy groups -OCH3 is 1. The highest BCUT2D eigenvalue weighted by atomic mass is 35.5. The molecule has 0 aliphatic carbocycles. The SMILES string of the molecule is COc1ccc(N=C(N)S[C@H](c2ccccc2)c2ccc(Cl)cc2)cc1. The van der Waals surface area contributed by atoms with Crippen LogP contribution in [0.3, 0.4) is 0 Å². The molecule has 0 unspecified atom stereocenters. The molecule has 0 aromatic heterocycles. The molecule has 3 aromatic carbocycles. The topological polar surface area (TPSA) is 47.6 Å². The number of halogens is 1. The van der Waals surface area contributed by atoms with Crippen LogP contribution < -0.4 is 10.5 Å². The molecule has 0 heterocycles. The van der Waals surface area contributed by atoms with E-state index >= 15 is 0 Å². The highest BCUT2D eigenvalue weighted by Gasteiger charge is 2.16. The Morgan fingerprint density at radius 1 is 0.923 bits per heavy atom. The summed E-state index contributed by atoms with van der Waals surface area (Å²) in [5, 5.41) is 1.25. The Kier molecular flexibility index (Phi) is 6.21. The van der Waals surface area contributed by atoms with E-state index in [9.17, 15) is 0 Å². The summed E-state index contributed by atoms with van der Waals surface area (Å²) < 4.78 is 5.17. The number of hydrogen-bond acceptors (Lipinski definition) is 3. The van der Waals surface area contributed by atoms with E-state index in [0.717, 1.165) is 22.6 Å². The molecule has 0 saturated carbocycles. The van der Waals surface area contributed by atoms with Gasteiger partial charge in [-0.15, -0.1) is 0 Å². The van der Waals surface area contributed by atoms with E-state index in [1.807, 2.05) is 66.7 Å². The van der Waals surface area contributed by atoms with E-state index in [1.165, 1.54) is 11.8 Å². The molecule has 2 N–H and O–H groups in total. The maximum Gasteiger partial charge on any atom is 0.160 e. The van der Waals surface area contributed by atoms with Gasteiger partial charge in [0.2, 0.25) is 0 Å². The Hall–Kier alpha value is -2.43. The van der Waals surface area contributed by atoms with Crippen molar-refractivity contribution in [3.63, 3.8) is 0 Å². The van der Waals surface area contributed by atoms with Gasteiger partial charge in [0.15, 0.2) is 5.17 Å². The molecule has 0 fully saturated rings. The molecule has 26 heavy (non-hydrogen) atoms. The van der Waals surface area contributed by atoms with Crippen molar-refractivity contribution >= 4 is 34.2 Å². The maximum atomic E-state index is 6.24. The summed E-state index contributed by atoms with van der Waals surface area (Å²) in [5.41, 5.74) is 9.31. The highest BCUT2D eigenvalue weighted by molar-refractivity contribution is 8.14. The predicted molar refractivity (Wildman–Crippen MR) is 112 cm³/mol. The number of thioether (sulfide) groups is 1. The van der Waals surface area contributed by atoms with Gasteiger partial charge in [0.1, 0.15) is 5.75 Å². The smallest absolute Gasteiger partial charge is 0.160 e. The quantitative estimate of drug-likeness (QED) is 0.447. The van der Waals surface area contributed by atoms with Gasteiger partial charge >= 0.3 is 0 Å². The van der Waals surface area contributed by atoms with Crippen molar-refractivity contribution in [3.05, 3.63) is 95.0 Å². The van der Waals surface area contributed by atoms with Crippen LogP contribution in [0.2, 0.25) is 5.02 Å². The van der Waals surface area contributed by atoms with Gasteiger partial charge in [-0.25, -0.2) is 4.99 Å². The number of nitrogens with zero attached hydrogens (tertiary/aromatic N) is 1. The van der Waals surface area contributed by atoms with E-state index in [1.54, 1.807) is 7.11 Å². The Labute approximate surface area is 162 Å². The van der Waals surface area contributed by atoms with Gasteiger partial charge in [-0.3, -0.25) is 0 Å². The van der Waals surface area contributed by atoms with Crippen molar-refractivity contribution < 1.29 is 4.74 Å². The van der Waals surface area contributed by atoms with Crippen molar-refractivity contribution in [1.29, 1.82) is 0 Å². The number of ether oxygens (including phenoxy) is 1. The van der Waals surface area contributed by atoms with Crippen LogP contribution >= 0.6 is 23.4 Å². The predicted octanol–water partition coefficient (Wildman–Crippen LogP) is 5.82. The van der Waals surface area contributed by atoms with E-state index in [-0.39, 0.29) is 5.25 Å². The van der Waals surface area contributed by atoms with Gasteiger partial charge in [-0.2, -0.15) is 0 Å². The number of amidine groups is 1. The standard InChI is InChI=1S/C21H19ClN2OS/c1-25-19-13-11-18(12-14-19)24-21(23)26-20(15-5-3-2-4-6-15)16-7-9-17(22)10-8-16/h2-14,20H,1H3,(H2,23,24)/t20-/m1/s1. The number of nitrogens with two attached hydrogens (primary N) is 1. The summed E-state index contributed by atoms with van der Waals surface area (Å²) in [6.45, 7) is 0. The molecule has 3 rings (SSSR count). The monoisotopic (exact) mass is 382 g/mol.